The third kappa shape index (κ3) is 7.46. The van der Waals surface area contributed by atoms with Crippen LogP contribution in [0.1, 0.15) is 87.6 Å². The molecule has 0 radical (unpaired) electrons. The van der Waals surface area contributed by atoms with Crippen molar-refractivity contribution in [3.05, 3.63) is 131 Å². The van der Waals surface area contributed by atoms with Gasteiger partial charge in [-0.2, -0.15) is 16.7 Å². The summed E-state index contributed by atoms with van der Waals surface area (Å²) in [7, 11) is 0. The summed E-state index contributed by atoms with van der Waals surface area (Å²) < 4.78 is 10.7. The number of rotatable bonds is 10. The average Bonchev–Trinajstić information content (AvgIpc) is 3.70. The molecule has 0 spiro atoms. The Morgan fingerprint density at radius 3 is 2.22 bits per heavy atom. The number of hydrogen-bond acceptors (Lipinski definition) is 3. The number of para-hydroxylation sites is 1. The van der Waals surface area contributed by atoms with Gasteiger partial charge in [0.15, 0.2) is 0 Å². The van der Waals surface area contributed by atoms with Crippen LogP contribution in [0.5, 0.6) is 11.5 Å². The Kier molecular flexibility index (Phi) is 10.7. The second-order valence-electron chi connectivity index (χ2n) is 14.7. The van der Waals surface area contributed by atoms with E-state index in [1.807, 2.05) is 29.2 Å². The molecule has 0 amide bonds. The van der Waals surface area contributed by atoms with Gasteiger partial charge in [-0.05, 0) is 89.5 Å². The molecule has 5 nitrogen and oxygen atoms in total. The minimum atomic E-state index is 0. The van der Waals surface area contributed by atoms with Gasteiger partial charge in [0.1, 0.15) is 5.82 Å². The molecule has 0 N–H and O–H groups in total. The molecule has 0 atom stereocenters. The zero-order valence-electron chi connectivity index (χ0n) is 30.8. The molecule has 0 saturated heterocycles. The largest absolute Gasteiger partial charge is 2.00 e. The van der Waals surface area contributed by atoms with Crippen LogP contribution in [-0.4, -0.2) is 19.3 Å². The van der Waals surface area contributed by atoms with Crippen molar-refractivity contribution in [1.82, 2.24) is 19.3 Å². The number of fused-ring (bicyclic) bond motifs is 3. The van der Waals surface area contributed by atoms with Gasteiger partial charge in [-0.25, -0.2) is 4.98 Å². The second-order valence-corrected chi connectivity index (χ2v) is 14.7. The molecule has 0 fully saturated rings. The fourth-order valence-electron chi connectivity index (χ4n) is 6.97. The molecule has 4 aromatic carbocycles. The van der Waals surface area contributed by atoms with Crippen molar-refractivity contribution in [2.24, 2.45) is 5.92 Å². The van der Waals surface area contributed by atoms with Gasteiger partial charge in [0.05, 0.1) is 6.20 Å². The van der Waals surface area contributed by atoms with Crippen LogP contribution >= 0.6 is 0 Å². The number of aryl methyl sites for hydroxylation is 3. The smallest absolute Gasteiger partial charge is 0.509 e. The Bertz CT molecular complexity index is 2300. The standard InChI is InChI=1S/C45H46N4O.Pt/c1-28(2)13-14-33-22-35(48-27-34(26-47-48)45-40(29(3)4)19-32(8)20-41(45)30(5)6)24-37(23-33)50-36-15-16-39-38-11-9-10-12-42(38)49(43(39)25-36)44-21-31(7)17-18-46-44;/h9-12,15-23,26-30H,13-14H2,1-8H3;/q-2;+2. The predicted octanol–water partition coefficient (Wildman–Crippen LogP) is 11.9. The van der Waals surface area contributed by atoms with Crippen molar-refractivity contribution in [1.29, 1.82) is 0 Å². The Labute approximate surface area is 317 Å². The molecular weight excluding hydrogens is 808 g/mol. The molecule has 51 heavy (non-hydrogen) atoms. The van der Waals surface area contributed by atoms with Crippen LogP contribution in [0.2, 0.25) is 0 Å². The summed E-state index contributed by atoms with van der Waals surface area (Å²) in [6, 6.07) is 32.8. The molecule has 7 aromatic rings. The van der Waals surface area contributed by atoms with Crippen LogP contribution in [0.3, 0.4) is 0 Å². The minimum Gasteiger partial charge on any atom is -0.509 e. The maximum atomic E-state index is 6.63. The Hall–Kier alpha value is -4.47. The molecule has 262 valence electrons. The maximum absolute atomic E-state index is 6.63. The fraction of sp³-hybridized carbons (Fsp3) is 0.289. The Morgan fingerprint density at radius 2 is 1.51 bits per heavy atom. The van der Waals surface area contributed by atoms with Gasteiger partial charge in [0.25, 0.3) is 0 Å². The fourth-order valence-corrected chi connectivity index (χ4v) is 6.97. The van der Waals surface area contributed by atoms with Gasteiger partial charge < -0.3 is 9.30 Å². The van der Waals surface area contributed by atoms with E-state index in [0.717, 1.165) is 57.3 Å². The second kappa shape index (κ2) is 15.0. The number of ether oxygens (including phenoxy) is 1. The zero-order chi connectivity index (χ0) is 35.1. The van der Waals surface area contributed by atoms with Gasteiger partial charge in [-0.15, -0.1) is 35.7 Å². The van der Waals surface area contributed by atoms with E-state index in [4.69, 9.17) is 14.8 Å². The first-order chi connectivity index (χ1) is 24.0. The van der Waals surface area contributed by atoms with E-state index in [2.05, 4.69) is 139 Å². The Balaban J connectivity index is 0.00000448. The quantitative estimate of drug-likeness (QED) is 0.129. The molecular formula is C45H46N4OPt. The molecule has 7 rings (SSSR count). The van der Waals surface area contributed by atoms with Crippen molar-refractivity contribution >= 4 is 21.8 Å². The van der Waals surface area contributed by atoms with Crippen LogP contribution in [0.25, 0.3) is 44.4 Å². The molecule has 0 bridgehead atoms. The number of aromatic nitrogens is 4. The molecule has 0 aliphatic heterocycles. The van der Waals surface area contributed by atoms with Gasteiger partial charge >= 0.3 is 21.1 Å². The van der Waals surface area contributed by atoms with Crippen LogP contribution in [0, 0.1) is 31.9 Å². The third-order valence-electron chi connectivity index (χ3n) is 9.51. The predicted molar refractivity (Wildman–Crippen MR) is 206 cm³/mol. The number of hydrogen-bond donors (Lipinski definition) is 0. The van der Waals surface area contributed by atoms with Crippen LogP contribution < -0.4 is 4.74 Å². The van der Waals surface area contributed by atoms with Crippen molar-refractivity contribution in [3.8, 4) is 34.1 Å². The summed E-state index contributed by atoms with van der Waals surface area (Å²) in [6.45, 7) is 17.9. The van der Waals surface area contributed by atoms with Gasteiger partial charge in [0.2, 0.25) is 0 Å². The summed E-state index contributed by atoms with van der Waals surface area (Å²) >= 11 is 0. The first-order valence-electron chi connectivity index (χ1n) is 17.9. The summed E-state index contributed by atoms with van der Waals surface area (Å²) in [5, 5.41) is 7.16. The molecule has 3 heterocycles. The molecule has 0 aliphatic rings. The minimum absolute atomic E-state index is 0. The number of pyridine rings is 1. The van der Waals surface area contributed by atoms with E-state index < -0.39 is 0 Å². The molecule has 3 aromatic heterocycles. The average molecular weight is 854 g/mol. The van der Waals surface area contributed by atoms with Crippen LogP contribution in [0.15, 0.2) is 91.4 Å². The van der Waals surface area contributed by atoms with E-state index in [9.17, 15) is 0 Å². The molecule has 6 heteroatoms. The summed E-state index contributed by atoms with van der Waals surface area (Å²) in [4.78, 5) is 4.73. The first kappa shape index (κ1) is 36.3. The van der Waals surface area contributed by atoms with Crippen molar-refractivity contribution in [3.63, 3.8) is 0 Å². The van der Waals surface area contributed by atoms with E-state index in [1.54, 1.807) is 0 Å². The zero-order valence-corrected chi connectivity index (χ0v) is 33.1. The van der Waals surface area contributed by atoms with Gasteiger partial charge in [-0.1, -0.05) is 89.4 Å². The summed E-state index contributed by atoms with van der Waals surface area (Å²) in [5.74, 6) is 3.50. The monoisotopic (exact) mass is 853 g/mol. The van der Waals surface area contributed by atoms with Gasteiger partial charge in [0, 0.05) is 35.0 Å². The van der Waals surface area contributed by atoms with Crippen LogP contribution in [-0.2, 0) is 27.5 Å². The van der Waals surface area contributed by atoms with E-state index in [1.165, 1.54) is 27.8 Å². The van der Waals surface area contributed by atoms with Crippen molar-refractivity contribution in [2.45, 2.75) is 80.1 Å². The molecule has 0 unspecified atom stereocenters. The summed E-state index contributed by atoms with van der Waals surface area (Å²) in [6.07, 6.45) is 8.02. The van der Waals surface area contributed by atoms with E-state index in [-0.39, 0.29) is 21.1 Å². The van der Waals surface area contributed by atoms with Crippen LogP contribution in [0.4, 0.5) is 0 Å². The Morgan fingerprint density at radius 1 is 0.765 bits per heavy atom. The maximum Gasteiger partial charge on any atom is 2.00 e. The third-order valence-corrected chi connectivity index (χ3v) is 9.51. The molecule has 0 saturated carbocycles. The van der Waals surface area contributed by atoms with E-state index in [0.29, 0.717) is 29.3 Å². The van der Waals surface area contributed by atoms with Crippen molar-refractivity contribution < 1.29 is 25.8 Å². The molecule has 0 aliphatic carbocycles. The van der Waals surface area contributed by atoms with E-state index >= 15 is 0 Å². The number of nitrogens with zero attached hydrogens (tertiary/aromatic N) is 4. The SMILES string of the molecule is Cc1ccnc(-n2c3[c-]c(Oc4[c-]c(-n5cc(-c6c(C(C)C)cc(C)cc6C(C)C)cn5)cc(CCC(C)C)c4)ccc3c3ccccc32)c1.[Pt+2]. The summed E-state index contributed by atoms with van der Waals surface area (Å²) in [5.41, 5.74) is 11.6. The normalized spacial score (nSPS) is 11.7. The number of benzene rings is 4. The van der Waals surface area contributed by atoms with Crippen molar-refractivity contribution in [2.75, 3.05) is 0 Å². The van der Waals surface area contributed by atoms with Gasteiger partial charge in [-0.3, -0.25) is 4.68 Å². The topological polar surface area (TPSA) is 44.9 Å². The first-order valence-corrected chi connectivity index (χ1v) is 17.9.